The lowest BCUT2D eigenvalue weighted by atomic mass is 9.80. The van der Waals surface area contributed by atoms with Crippen LogP contribution in [0.5, 0.6) is 5.75 Å². The van der Waals surface area contributed by atoms with Crippen LogP contribution in [-0.4, -0.2) is 38.5 Å². The summed E-state index contributed by atoms with van der Waals surface area (Å²) in [7, 11) is -1.45. The Balaban J connectivity index is 1.83. The fourth-order valence-electron chi connectivity index (χ4n) is 1.34. The van der Waals surface area contributed by atoms with E-state index >= 15 is 0 Å². The molecule has 88 valence electrons. The molecule has 2 N–H and O–H groups in total. The summed E-state index contributed by atoms with van der Waals surface area (Å²) in [5.41, 5.74) is 0.439. The lowest BCUT2D eigenvalue weighted by molar-refractivity contribution is 0.291. The van der Waals surface area contributed by atoms with Crippen LogP contribution in [0.25, 0.3) is 0 Å². The molecule has 2 aromatic rings. The molecule has 0 radical (unpaired) electrons. The number of hydrogen-bond donors (Lipinski definition) is 2. The molecule has 17 heavy (non-hydrogen) atoms. The Labute approximate surface area is 98.6 Å². The van der Waals surface area contributed by atoms with Crippen LogP contribution in [0, 0.1) is 0 Å². The summed E-state index contributed by atoms with van der Waals surface area (Å²) in [4.78, 5) is 3.82. The Hall–Kier alpha value is -1.86. The van der Waals surface area contributed by atoms with Crippen LogP contribution in [0.1, 0.15) is 0 Å². The minimum Gasteiger partial charge on any atom is -0.492 e. The lowest BCUT2D eigenvalue weighted by Crippen LogP contribution is -2.29. The van der Waals surface area contributed by atoms with Crippen LogP contribution in [0.2, 0.25) is 0 Å². The van der Waals surface area contributed by atoms with Crippen LogP contribution in [-0.2, 0) is 6.54 Å². The highest BCUT2D eigenvalue weighted by molar-refractivity contribution is 6.58. The van der Waals surface area contributed by atoms with Crippen molar-refractivity contribution in [3.8, 4) is 5.75 Å². The van der Waals surface area contributed by atoms with Crippen LogP contribution < -0.4 is 10.2 Å². The molecule has 0 aliphatic heterocycles. The molecule has 0 unspecified atom stereocenters. The Morgan fingerprint density at radius 1 is 1.24 bits per heavy atom. The van der Waals surface area contributed by atoms with E-state index in [1.54, 1.807) is 35.3 Å². The number of aromatic nitrogens is 3. The average molecular weight is 233 g/mol. The van der Waals surface area contributed by atoms with E-state index in [4.69, 9.17) is 14.8 Å². The van der Waals surface area contributed by atoms with Gasteiger partial charge in [-0.25, -0.2) is 9.67 Å². The molecule has 7 heteroatoms. The largest absolute Gasteiger partial charge is 0.492 e. The smallest absolute Gasteiger partial charge is 0.488 e. The van der Waals surface area contributed by atoms with E-state index in [0.29, 0.717) is 24.4 Å². The summed E-state index contributed by atoms with van der Waals surface area (Å²) >= 11 is 0. The van der Waals surface area contributed by atoms with Crippen LogP contribution in [0.4, 0.5) is 0 Å². The fourth-order valence-corrected chi connectivity index (χ4v) is 1.34. The third-order valence-corrected chi connectivity index (χ3v) is 2.23. The van der Waals surface area contributed by atoms with Crippen molar-refractivity contribution in [1.82, 2.24) is 14.8 Å². The summed E-state index contributed by atoms with van der Waals surface area (Å²) in [5, 5.41) is 21.8. The third-order valence-electron chi connectivity index (χ3n) is 2.23. The summed E-state index contributed by atoms with van der Waals surface area (Å²) in [6.07, 6.45) is 3.09. The van der Waals surface area contributed by atoms with Crippen molar-refractivity contribution in [1.29, 1.82) is 0 Å². The number of benzene rings is 1. The Morgan fingerprint density at radius 3 is 2.59 bits per heavy atom. The van der Waals surface area contributed by atoms with Gasteiger partial charge in [-0.3, -0.25) is 0 Å². The first-order valence-electron chi connectivity index (χ1n) is 5.17. The summed E-state index contributed by atoms with van der Waals surface area (Å²) in [6.45, 7) is 1.09. The molecule has 0 fully saturated rings. The van der Waals surface area contributed by atoms with Crippen molar-refractivity contribution < 1.29 is 14.8 Å². The second-order valence-corrected chi connectivity index (χ2v) is 3.45. The van der Waals surface area contributed by atoms with Gasteiger partial charge in [-0.05, 0) is 17.6 Å². The van der Waals surface area contributed by atoms with Gasteiger partial charge >= 0.3 is 7.12 Å². The minimum atomic E-state index is -1.45. The first-order valence-corrected chi connectivity index (χ1v) is 5.17. The predicted octanol–water partition coefficient (Wildman–Crippen LogP) is -0.963. The molecule has 1 heterocycles. The van der Waals surface area contributed by atoms with Crippen molar-refractivity contribution in [2.45, 2.75) is 6.54 Å². The SMILES string of the molecule is OB(O)c1ccc(OCCn2cncn2)cc1. The normalized spacial score (nSPS) is 10.2. The zero-order valence-corrected chi connectivity index (χ0v) is 9.10. The van der Waals surface area contributed by atoms with Gasteiger partial charge in [-0.2, -0.15) is 5.10 Å². The zero-order chi connectivity index (χ0) is 12.1. The maximum atomic E-state index is 8.91. The second-order valence-electron chi connectivity index (χ2n) is 3.45. The van der Waals surface area contributed by atoms with E-state index in [9.17, 15) is 0 Å². The van der Waals surface area contributed by atoms with Gasteiger partial charge in [-0.15, -0.1) is 0 Å². The topological polar surface area (TPSA) is 80.4 Å². The standard InChI is InChI=1S/C10H12BN3O3/c15-11(16)9-1-3-10(4-2-9)17-6-5-14-8-12-7-13-14/h1-4,7-8,15-16H,5-6H2. The fraction of sp³-hybridized carbons (Fsp3) is 0.200. The van der Waals surface area contributed by atoms with Gasteiger partial charge in [0.25, 0.3) is 0 Å². The quantitative estimate of drug-likeness (QED) is 0.650. The molecule has 0 bridgehead atoms. The molecular formula is C10H12BN3O3. The van der Waals surface area contributed by atoms with Gasteiger partial charge in [-0.1, -0.05) is 12.1 Å². The molecular weight excluding hydrogens is 221 g/mol. The van der Waals surface area contributed by atoms with Crippen molar-refractivity contribution in [2.24, 2.45) is 0 Å². The molecule has 0 aliphatic rings. The van der Waals surface area contributed by atoms with Crippen LogP contribution >= 0.6 is 0 Å². The number of rotatable bonds is 5. The second kappa shape index (κ2) is 5.47. The molecule has 1 aromatic carbocycles. The minimum absolute atomic E-state index is 0.439. The number of nitrogens with zero attached hydrogens (tertiary/aromatic N) is 3. The van der Waals surface area contributed by atoms with Gasteiger partial charge in [0.1, 0.15) is 25.0 Å². The third kappa shape index (κ3) is 3.30. The summed E-state index contributed by atoms with van der Waals surface area (Å²) in [6, 6.07) is 6.59. The Kier molecular flexibility index (Phi) is 3.74. The maximum Gasteiger partial charge on any atom is 0.488 e. The molecule has 0 spiro atoms. The monoisotopic (exact) mass is 233 g/mol. The van der Waals surface area contributed by atoms with Crippen molar-refractivity contribution >= 4 is 12.6 Å². The van der Waals surface area contributed by atoms with E-state index in [-0.39, 0.29) is 0 Å². The maximum absolute atomic E-state index is 8.91. The molecule has 0 atom stereocenters. The molecule has 0 saturated heterocycles. The Morgan fingerprint density at radius 2 is 2.00 bits per heavy atom. The van der Waals surface area contributed by atoms with Crippen LogP contribution in [0.3, 0.4) is 0 Å². The van der Waals surface area contributed by atoms with Crippen molar-refractivity contribution in [3.05, 3.63) is 36.9 Å². The van der Waals surface area contributed by atoms with Gasteiger partial charge < -0.3 is 14.8 Å². The van der Waals surface area contributed by atoms with Gasteiger partial charge in [0.05, 0.1) is 6.54 Å². The molecule has 0 saturated carbocycles. The summed E-state index contributed by atoms with van der Waals surface area (Å²) in [5.74, 6) is 0.675. The highest BCUT2D eigenvalue weighted by Crippen LogP contribution is 2.07. The molecule has 0 aliphatic carbocycles. The number of ether oxygens (including phenoxy) is 1. The molecule has 2 rings (SSSR count). The van der Waals surface area contributed by atoms with E-state index in [1.807, 2.05) is 0 Å². The first kappa shape index (κ1) is 11.6. The van der Waals surface area contributed by atoms with E-state index in [2.05, 4.69) is 10.1 Å². The summed E-state index contributed by atoms with van der Waals surface area (Å²) < 4.78 is 7.13. The predicted molar refractivity (Wildman–Crippen MR) is 61.8 cm³/mol. The van der Waals surface area contributed by atoms with Gasteiger partial charge in [0.2, 0.25) is 0 Å². The van der Waals surface area contributed by atoms with Crippen LogP contribution in [0.15, 0.2) is 36.9 Å². The van der Waals surface area contributed by atoms with Crippen molar-refractivity contribution in [3.63, 3.8) is 0 Å². The van der Waals surface area contributed by atoms with Gasteiger partial charge in [0.15, 0.2) is 0 Å². The first-order chi connectivity index (χ1) is 8.25. The van der Waals surface area contributed by atoms with Gasteiger partial charge in [0, 0.05) is 0 Å². The lowest BCUT2D eigenvalue weighted by Gasteiger charge is -2.06. The van der Waals surface area contributed by atoms with E-state index in [1.165, 1.54) is 6.33 Å². The van der Waals surface area contributed by atoms with E-state index in [0.717, 1.165) is 0 Å². The number of hydrogen-bond acceptors (Lipinski definition) is 5. The Bertz CT molecular complexity index is 444. The highest BCUT2D eigenvalue weighted by atomic mass is 16.5. The molecule has 0 amide bonds. The average Bonchev–Trinajstić information content (AvgIpc) is 2.83. The van der Waals surface area contributed by atoms with E-state index < -0.39 is 7.12 Å². The molecule has 1 aromatic heterocycles. The van der Waals surface area contributed by atoms with Crippen molar-refractivity contribution in [2.75, 3.05) is 6.61 Å². The molecule has 6 nitrogen and oxygen atoms in total. The highest BCUT2D eigenvalue weighted by Gasteiger charge is 2.09. The zero-order valence-electron chi connectivity index (χ0n) is 9.10.